The van der Waals surface area contributed by atoms with E-state index in [0.717, 1.165) is 31.9 Å². The molecule has 4 N–H and O–H groups in total. The van der Waals surface area contributed by atoms with Crippen molar-refractivity contribution in [2.24, 2.45) is 0 Å². The van der Waals surface area contributed by atoms with Crippen LogP contribution in [0.5, 0.6) is 0 Å². The zero-order valence-corrected chi connectivity index (χ0v) is 17.9. The van der Waals surface area contributed by atoms with Gasteiger partial charge in [-0.15, -0.1) is 0 Å². The number of hydrogen-bond donors (Lipinski definition) is 3. The number of piperidine rings is 1. The highest BCUT2D eigenvalue weighted by molar-refractivity contribution is 7.91. The lowest BCUT2D eigenvalue weighted by Crippen LogP contribution is -2.38. The van der Waals surface area contributed by atoms with Gasteiger partial charge in [-0.1, -0.05) is 12.1 Å². The van der Waals surface area contributed by atoms with Crippen LogP contribution in [0.4, 0.5) is 10.2 Å². The maximum absolute atomic E-state index is 14.3. The molecule has 0 unspecified atom stereocenters. The Morgan fingerprint density at radius 2 is 2.00 bits per heavy atom. The van der Waals surface area contributed by atoms with Gasteiger partial charge in [0.25, 0.3) is 0 Å². The Bertz CT molecular complexity index is 1280. The van der Waals surface area contributed by atoms with Crippen molar-refractivity contribution in [3.63, 3.8) is 0 Å². The van der Waals surface area contributed by atoms with Crippen LogP contribution in [0.15, 0.2) is 29.3 Å². The Labute approximate surface area is 179 Å². The standard InChI is InChI=1S/C21H24FN5O3S/c1-31(29,30)19-18(13-6-14-4-5-15(7-13)25-14)26-21-16(9-24-27(21)20(19)23)11-2-3-12(10-28)17(22)8-11/h2-3,8-9,13-15,25,28H,4-7,10,23H2,1H3/t13-,14+,15-. The van der Waals surface area contributed by atoms with E-state index in [1.165, 1.54) is 22.8 Å². The lowest BCUT2D eigenvalue weighted by atomic mass is 9.89. The smallest absolute Gasteiger partial charge is 0.180 e. The van der Waals surface area contributed by atoms with Gasteiger partial charge in [0, 0.05) is 35.4 Å². The Kier molecular flexibility index (Phi) is 4.76. The van der Waals surface area contributed by atoms with Gasteiger partial charge in [-0.3, -0.25) is 0 Å². The second kappa shape index (κ2) is 7.25. The summed E-state index contributed by atoms with van der Waals surface area (Å²) < 4.78 is 41.0. The van der Waals surface area contributed by atoms with Gasteiger partial charge in [0.15, 0.2) is 15.5 Å². The molecule has 2 aliphatic heterocycles. The van der Waals surface area contributed by atoms with Crippen LogP contribution in [0.3, 0.4) is 0 Å². The van der Waals surface area contributed by atoms with E-state index in [9.17, 15) is 17.9 Å². The van der Waals surface area contributed by atoms with Crippen LogP contribution in [0, 0.1) is 5.82 Å². The van der Waals surface area contributed by atoms with Crippen LogP contribution in [0.2, 0.25) is 0 Å². The molecule has 0 amide bonds. The van der Waals surface area contributed by atoms with Gasteiger partial charge in [-0.05, 0) is 37.3 Å². The van der Waals surface area contributed by atoms with Gasteiger partial charge in [0.1, 0.15) is 16.5 Å². The van der Waals surface area contributed by atoms with Crippen LogP contribution in [0.25, 0.3) is 16.8 Å². The fraction of sp³-hybridized carbons (Fsp3) is 0.429. The number of aliphatic hydroxyl groups excluding tert-OH is 1. The average Bonchev–Trinajstić information content (AvgIpc) is 3.29. The number of nitrogens with zero attached hydrogens (tertiary/aromatic N) is 3. The number of nitrogen functional groups attached to an aromatic ring is 1. The molecule has 1 aromatic carbocycles. The summed E-state index contributed by atoms with van der Waals surface area (Å²) in [7, 11) is -3.65. The first-order valence-electron chi connectivity index (χ1n) is 10.3. The fourth-order valence-electron chi connectivity index (χ4n) is 5.00. The van der Waals surface area contributed by atoms with Gasteiger partial charge < -0.3 is 16.2 Å². The monoisotopic (exact) mass is 445 g/mol. The molecule has 8 nitrogen and oxygen atoms in total. The molecule has 0 aliphatic carbocycles. The van der Waals surface area contributed by atoms with Gasteiger partial charge in [0.05, 0.1) is 18.5 Å². The first kappa shape index (κ1) is 20.3. The molecule has 3 aromatic rings. The third-order valence-electron chi connectivity index (χ3n) is 6.43. The van der Waals surface area contributed by atoms with Gasteiger partial charge in [-0.25, -0.2) is 17.8 Å². The molecule has 3 atom stereocenters. The number of rotatable bonds is 4. The predicted molar refractivity (Wildman–Crippen MR) is 114 cm³/mol. The molecule has 0 saturated carbocycles. The number of aromatic nitrogens is 3. The average molecular weight is 446 g/mol. The number of anilines is 1. The highest BCUT2D eigenvalue weighted by atomic mass is 32.2. The first-order valence-corrected chi connectivity index (χ1v) is 12.2. The third-order valence-corrected chi connectivity index (χ3v) is 7.59. The zero-order valence-electron chi connectivity index (χ0n) is 17.0. The predicted octanol–water partition coefficient (Wildman–Crippen LogP) is 2.01. The molecule has 4 heterocycles. The molecule has 2 fully saturated rings. The number of fused-ring (bicyclic) bond motifs is 3. The molecular weight excluding hydrogens is 421 g/mol. The second-order valence-corrected chi connectivity index (χ2v) is 10.5. The van der Waals surface area contributed by atoms with Crippen molar-refractivity contribution < 1.29 is 17.9 Å². The molecule has 2 saturated heterocycles. The van der Waals surface area contributed by atoms with Crippen LogP contribution >= 0.6 is 0 Å². The van der Waals surface area contributed by atoms with E-state index in [2.05, 4.69) is 10.4 Å². The van der Waals surface area contributed by atoms with Crippen molar-refractivity contribution in [2.45, 2.75) is 55.2 Å². The van der Waals surface area contributed by atoms with Crippen molar-refractivity contribution in [3.8, 4) is 11.1 Å². The zero-order chi connectivity index (χ0) is 21.9. The van der Waals surface area contributed by atoms with Crippen molar-refractivity contribution >= 4 is 21.3 Å². The summed E-state index contributed by atoms with van der Waals surface area (Å²) in [6.45, 7) is -0.397. The number of aliphatic hydroxyl groups is 1. The Balaban J connectivity index is 1.71. The Morgan fingerprint density at radius 3 is 2.61 bits per heavy atom. The van der Waals surface area contributed by atoms with E-state index < -0.39 is 22.3 Å². The van der Waals surface area contributed by atoms with E-state index in [-0.39, 0.29) is 22.2 Å². The summed E-state index contributed by atoms with van der Waals surface area (Å²) in [5, 5.41) is 17.0. The fourth-order valence-corrected chi connectivity index (χ4v) is 6.06. The summed E-state index contributed by atoms with van der Waals surface area (Å²) in [5.41, 5.74) is 8.46. The molecule has 10 heteroatoms. The SMILES string of the molecule is CS(=O)(=O)c1c([C@H]2C[C@H]3CC[C@@H](C2)N3)nc2c(-c3ccc(CO)c(F)c3)cnn2c1N. The van der Waals surface area contributed by atoms with Crippen molar-refractivity contribution in [3.05, 3.63) is 41.5 Å². The normalized spacial score (nSPS) is 23.5. The van der Waals surface area contributed by atoms with Gasteiger partial charge >= 0.3 is 0 Å². The van der Waals surface area contributed by atoms with E-state index in [1.54, 1.807) is 6.07 Å². The van der Waals surface area contributed by atoms with Crippen molar-refractivity contribution in [1.29, 1.82) is 0 Å². The molecule has 0 spiro atoms. The topological polar surface area (TPSA) is 123 Å². The van der Waals surface area contributed by atoms with E-state index in [4.69, 9.17) is 10.7 Å². The van der Waals surface area contributed by atoms with E-state index in [0.29, 0.717) is 34.6 Å². The molecule has 2 bridgehead atoms. The minimum absolute atomic E-state index is 0.0204. The molecular formula is C21H24FN5O3S. The summed E-state index contributed by atoms with van der Waals surface area (Å²) in [6.07, 6.45) is 6.38. The highest BCUT2D eigenvalue weighted by Crippen LogP contribution is 2.41. The summed E-state index contributed by atoms with van der Waals surface area (Å²) in [4.78, 5) is 4.80. The van der Waals surface area contributed by atoms with Gasteiger partial charge in [0.2, 0.25) is 0 Å². The summed E-state index contributed by atoms with van der Waals surface area (Å²) >= 11 is 0. The molecule has 0 radical (unpaired) electrons. The number of nitrogens with one attached hydrogen (secondary N) is 1. The molecule has 2 aliphatic rings. The summed E-state index contributed by atoms with van der Waals surface area (Å²) in [6, 6.07) is 5.20. The maximum atomic E-state index is 14.3. The number of nitrogens with two attached hydrogens (primary N) is 1. The number of sulfone groups is 1. The van der Waals surface area contributed by atoms with Crippen LogP contribution in [0.1, 0.15) is 42.9 Å². The molecule has 2 aromatic heterocycles. The Morgan fingerprint density at radius 1 is 1.29 bits per heavy atom. The minimum atomic E-state index is -3.65. The summed E-state index contributed by atoms with van der Waals surface area (Å²) in [5.74, 6) is -0.547. The van der Waals surface area contributed by atoms with Crippen molar-refractivity contribution in [1.82, 2.24) is 19.9 Å². The van der Waals surface area contributed by atoms with Crippen LogP contribution in [-0.4, -0.2) is 46.5 Å². The van der Waals surface area contributed by atoms with Gasteiger partial charge in [-0.2, -0.15) is 9.61 Å². The van der Waals surface area contributed by atoms with Crippen molar-refractivity contribution in [2.75, 3.05) is 12.0 Å². The highest BCUT2D eigenvalue weighted by Gasteiger charge is 2.38. The lowest BCUT2D eigenvalue weighted by Gasteiger charge is -2.30. The van der Waals surface area contributed by atoms with Crippen LogP contribution < -0.4 is 11.1 Å². The molecule has 5 rings (SSSR count). The maximum Gasteiger partial charge on any atom is 0.180 e. The number of hydrogen-bond acceptors (Lipinski definition) is 7. The second-order valence-electron chi connectivity index (χ2n) is 8.55. The minimum Gasteiger partial charge on any atom is -0.392 e. The molecule has 31 heavy (non-hydrogen) atoms. The molecule has 164 valence electrons. The van der Waals surface area contributed by atoms with E-state index in [1.807, 2.05) is 0 Å². The van der Waals surface area contributed by atoms with E-state index >= 15 is 0 Å². The number of benzene rings is 1. The lowest BCUT2D eigenvalue weighted by molar-refractivity contribution is 0.276. The van der Waals surface area contributed by atoms with Crippen LogP contribution in [-0.2, 0) is 16.4 Å². The quantitative estimate of drug-likeness (QED) is 0.561. The first-order chi connectivity index (χ1) is 14.8. The Hall–Kier alpha value is -2.56. The largest absolute Gasteiger partial charge is 0.392 e. The number of halogens is 1. The third kappa shape index (κ3) is 3.38.